The average molecular weight is 309 g/mol. The molecule has 1 aromatic carbocycles. The van der Waals surface area contributed by atoms with Gasteiger partial charge in [-0.05, 0) is 36.6 Å². The highest BCUT2D eigenvalue weighted by Crippen LogP contribution is 2.18. The Bertz CT molecular complexity index is 630. The number of nitrogens with one attached hydrogen (secondary N) is 1. The Morgan fingerprint density at radius 3 is 2.48 bits per heavy atom. The molecule has 1 fully saturated rings. The Morgan fingerprint density at radius 2 is 1.91 bits per heavy atom. The monoisotopic (exact) mass is 309 g/mol. The lowest BCUT2D eigenvalue weighted by molar-refractivity contribution is -0.117. The Labute approximate surface area is 138 Å². The molecule has 23 heavy (non-hydrogen) atoms. The third-order valence-electron chi connectivity index (χ3n) is 4.02. The van der Waals surface area contributed by atoms with Gasteiger partial charge in [-0.15, -0.1) is 0 Å². The molecule has 4 heteroatoms. The van der Waals surface area contributed by atoms with Crippen LogP contribution in [0.2, 0.25) is 0 Å². The standard InChI is InChI=1S/C19H23N3O/c1-22(2)18-12-10-15(11-13-18)6-5-7-16(14-20)19(23)21-17-8-3-4-9-17/h5-7,10-13,17H,3-4,8-9H2,1-2H3,(H,21,23)/b6-5+,16-7-. The van der Waals surface area contributed by atoms with Gasteiger partial charge in [-0.3, -0.25) is 4.79 Å². The van der Waals surface area contributed by atoms with E-state index in [1.54, 1.807) is 12.2 Å². The van der Waals surface area contributed by atoms with E-state index in [4.69, 9.17) is 5.26 Å². The van der Waals surface area contributed by atoms with Crippen molar-refractivity contribution in [1.82, 2.24) is 5.32 Å². The molecule has 0 aliphatic heterocycles. The molecule has 1 saturated carbocycles. The maximum atomic E-state index is 12.1. The van der Waals surface area contributed by atoms with Crippen LogP contribution in [0.1, 0.15) is 31.2 Å². The summed E-state index contributed by atoms with van der Waals surface area (Å²) in [4.78, 5) is 14.1. The first-order valence-corrected chi connectivity index (χ1v) is 7.97. The van der Waals surface area contributed by atoms with Gasteiger partial charge in [-0.2, -0.15) is 5.26 Å². The SMILES string of the molecule is CN(C)c1ccc(/C=C/C=C(/C#N)C(=O)NC2CCCC2)cc1. The van der Waals surface area contributed by atoms with E-state index in [1.807, 2.05) is 55.4 Å². The highest BCUT2D eigenvalue weighted by atomic mass is 16.1. The summed E-state index contributed by atoms with van der Waals surface area (Å²) in [6.07, 6.45) is 9.54. The summed E-state index contributed by atoms with van der Waals surface area (Å²) in [5.41, 5.74) is 2.31. The predicted molar refractivity (Wildman–Crippen MR) is 93.9 cm³/mol. The summed E-state index contributed by atoms with van der Waals surface area (Å²) in [6.45, 7) is 0. The molecule has 0 heterocycles. The molecular weight excluding hydrogens is 286 g/mol. The number of carbonyl (C=O) groups excluding carboxylic acids is 1. The molecular formula is C19H23N3O. The van der Waals surface area contributed by atoms with Gasteiger partial charge in [0.15, 0.2) is 0 Å². The minimum Gasteiger partial charge on any atom is -0.378 e. The second-order valence-electron chi connectivity index (χ2n) is 5.99. The van der Waals surface area contributed by atoms with Gasteiger partial charge in [0.1, 0.15) is 11.6 Å². The zero-order valence-corrected chi connectivity index (χ0v) is 13.7. The van der Waals surface area contributed by atoms with Crippen LogP contribution in [0.4, 0.5) is 5.69 Å². The van der Waals surface area contributed by atoms with E-state index < -0.39 is 0 Å². The Kier molecular flexibility index (Phi) is 5.99. The molecule has 0 bridgehead atoms. The number of amides is 1. The average Bonchev–Trinajstić information content (AvgIpc) is 3.04. The van der Waals surface area contributed by atoms with Gasteiger partial charge in [0.2, 0.25) is 0 Å². The number of benzene rings is 1. The number of hydrogen-bond donors (Lipinski definition) is 1. The van der Waals surface area contributed by atoms with Crippen LogP contribution >= 0.6 is 0 Å². The highest BCUT2D eigenvalue weighted by Gasteiger charge is 2.18. The fraction of sp³-hybridized carbons (Fsp3) is 0.368. The number of carbonyl (C=O) groups is 1. The van der Waals surface area contributed by atoms with Crippen LogP contribution in [0.25, 0.3) is 6.08 Å². The lowest BCUT2D eigenvalue weighted by atomic mass is 10.1. The van der Waals surface area contributed by atoms with Crippen molar-refractivity contribution in [1.29, 1.82) is 5.26 Å². The summed E-state index contributed by atoms with van der Waals surface area (Å²) < 4.78 is 0. The minimum absolute atomic E-state index is 0.151. The van der Waals surface area contributed by atoms with Gasteiger partial charge in [-0.25, -0.2) is 0 Å². The Morgan fingerprint density at radius 1 is 1.26 bits per heavy atom. The van der Waals surface area contributed by atoms with Crippen LogP contribution in [-0.4, -0.2) is 26.0 Å². The lowest BCUT2D eigenvalue weighted by Crippen LogP contribution is -2.33. The summed E-state index contributed by atoms with van der Waals surface area (Å²) >= 11 is 0. The van der Waals surface area contributed by atoms with Crippen LogP contribution in [0.3, 0.4) is 0 Å². The van der Waals surface area contributed by atoms with Crippen LogP contribution in [0, 0.1) is 11.3 Å². The maximum Gasteiger partial charge on any atom is 0.262 e. The number of nitrogens with zero attached hydrogens (tertiary/aromatic N) is 2. The van der Waals surface area contributed by atoms with E-state index in [9.17, 15) is 4.79 Å². The van der Waals surface area contributed by atoms with Crippen LogP contribution in [0.5, 0.6) is 0 Å². The van der Waals surface area contributed by atoms with Crippen molar-refractivity contribution >= 4 is 17.7 Å². The molecule has 0 atom stereocenters. The minimum atomic E-state index is -0.271. The molecule has 1 amide bonds. The van der Waals surface area contributed by atoms with Crippen LogP contribution in [0.15, 0.2) is 42.0 Å². The van der Waals surface area contributed by atoms with E-state index in [-0.39, 0.29) is 17.5 Å². The normalized spacial score (nSPS) is 15.6. The van der Waals surface area contributed by atoms with Gasteiger partial charge in [0, 0.05) is 25.8 Å². The van der Waals surface area contributed by atoms with E-state index in [1.165, 1.54) is 0 Å². The molecule has 0 radical (unpaired) electrons. The Balaban J connectivity index is 1.97. The van der Waals surface area contributed by atoms with Crippen molar-refractivity contribution in [2.45, 2.75) is 31.7 Å². The zero-order chi connectivity index (χ0) is 16.7. The molecule has 1 aliphatic carbocycles. The van der Waals surface area contributed by atoms with E-state index in [0.29, 0.717) is 0 Å². The smallest absolute Gasteiger partial charge is 0.262 e. The van der Waals surface area contributed by atoms with Crippen LogP contribution in [-0.2, 0) is 4.79 Å². The fourth-order valence-electron chi connectivity index (χ4n) is 2.64. The highest BCUT2D eigenvalue weighted by molar-refractivity contribution is 5.97. The number of rotatable bonds is 5. The molecule has 120 valence electrons. The molecule has 0 aromatic heterocycles. The lowest BCUT2D eigenvalue weighted by Gasteiger charge is -2.11. The molecule has 1 N–H and O–H groups in total. The Hall–Kier alpha value is -2.54. The summed E-state index contributed by atoms with van der Waals surface area (Å²) in [5, 5.41) is 12.1. The molecule has 0 spiro atoms. The van der Waals surface area contributed by atoms with Gasteiger partial charge in [-0.1, -0.05) is 37.1 Å². The second kappa shape index (κ2) is 8.19. The fourth-order valence-corrected chi connectivity index (χ4v) is 2.64. The maximum absolute atomic E-state index is 12.1. The third-order valence-corrected chi connectivity index (χ3v) is 4.02. The number of allylic oxidation sites excluding steroid dienone is 2. The largest absolute Gasteiger partial charge is 0.378 e. The molecule has 1 aliphatic rings. The van der Waals surface area contributed by atoms with Crippen molar-refractivity contribution < 1.29 is 4.79 Å². The van der Waals surface area contributed by atoms with Gasteiger partial charge in [0.05, 0.1) is 0 Å². The number of hydrogen-bond acceptors (Lipinski definition) is 3. The molecule has 0 unspecified atom stereocenters. The van der Waals surface area contributed by atoms with Crippen LogP contribution < -0.4 is 10.2 Å². The van der Waals surface area contributed by atoms with Gasteiger partial charge in [0.25, 0.3) is 5.91 Å². The van der Waals surface area contributed by atoms with Crippen molar-refractivity contribution in [3.63, 3.8) is 0 Å². The molecule has 0 saturated heterocycles. The van der Waals surface area contributed by atoms with E-state index in [0.717, 1.165) is 36.9 Å². The van der Waals surface area contributed by atoms with Gasteiger partial charge >= 0.3 is 0 Å². The van der Waals surface area contributed by atoms with E-state index in [2.05, 4.69) is 5.32 Å². The summed E-state index contributed by atoms with van der Waals surface area (Å²) in [5.74, 6) is -0.271. The topological polar surface area (TPSA) is 56.1 Å². The van der Waals surface area contributed by atoms with E-state index >= 15 is 0 Å². The quantitative estimate of drug-likeness (QED) is 0.516. The van der Waals surface area contributed by atoms with Gasteiger partial charge < -0.3 is 10.2 Å². The summed E-state index contributed by atoms with van der Waals surface area (Å²) in [7, 11) is 3.99. The predicted octanol–water partition coefficient (Wildman–Crippen LogP) is 3.27. The first kappa shape index (κ1) is 16.8. The van der Waals surface area contributed by atoms with Crippen molar-refractivity contribution in [3.05, 3.63) is 47.6 Å². The summed E-state index contributed by atoms with van der Waals surface area (Å²) in [6, 6.07) is 10.3. The van der Waals surface area contributed by atoms with Crippen molar-refractivity contribution in [2.24, 2.45) is 0 Å². The number of anilines is 1. The molecule has 1 aromatic rings. The number of nitriles is 1. The molecule has 2 rings (SSSR count). The zero-order valence-electron chi connectivity index (χ0n) is 13.7. The van der Waals surface area contributed by atoms with Crippen molar-refractivity contribution in [3.8, 4) is 6.07 Å². The first-order chi connectivity index (χ1) is 11.1. The van der Waals surface area contributed by atoms with Crippen molar-refractivity contribution in [2.75, 3.05) is 19.0 Å². The molecule has 4 nitrogen and oxygen atoms in total. The second-order valence-corrected chi connectivity index (χ2v) is 5.99. The first-order valence-electron chi connectivity index (χ1n) is 7.97. The third kappa shape index (κ3) is 5.00.